The third-order valence-corrected chi connectivity index (χ3v) is 7.13. The summed E-state index contributed by atoms with van der Waals surface area (Å²) < 4.78 is 0. The number of carbonyl (C=O) groups excluding carboxylic acids is 2. The molecule has 0 aliphatic carbocycles. The van der Waals surface area contributed by atoms with Crippen molar-refractivity contribution in [1.82, 2.24) is 10.2 Å². The number of nitrogens with zero attached hydrogens (tertiary/aromatic N) is 1. The second-order valence-electron chi connectivity index (χ2n) is 7.56. The molecule has 8 heteroatoms. The third-order valence-electron chi connectivity index (χ3n) is 5.12. The third kappa shape index (κ3) is 8.18. The zero-order valence-corrected chi connectivity index (χ0v) is 21.6. The monoisotopic (exact) mass is 514 g/mol. The van der Waals surface area contributed by atoms with E-state index in [2.05, 4.69) is 5.32 Å². The molecule has 0 saturated carbocycles. The molecule has 2 aromatic carbocycles. The minimum Gasteiger partial charge on any atom is -0.352 e. The van der Waals surface area contributed by atoms with Crippen LogP contribution in [0.3, 0.4) is 0 Å². The lowest BCUT2D eigenvalue weighted by Gasteiger charge is -2.31. The molecule has 0 fully saturated rings. The van der Waals surface area contributed by atoms with Crippen LogP contribution in [0.1, 0.15) is 45.6 Å². The lowest BCUT2D eigenvalue weighted by molar-refractivity contribution is -0.141. The Labute approximate surface area is 210 Å². The Morgan fingerprint density at radius 3 is 2.28 bits per heavy atom. The van der Waals surface area contributed by atoms with E-state index in [1.54, 1.807) is 28.8 Å². The van der Waals surface area contributed by atoms with Crippen molar-refractivity contribution in [1.29, 1.82) is 0 Å². The summed E-state index contributed by atoms with van der Waals surface area (Å²) in [6.45, 7) is 6.17. The number of thioether (sulfide) groups is 1. The molecule has 32 heavy (non-hydrogen) atoms. The van der Waals surface area contributed by atoms with Gasteiger partial charge in [-0.1, -0.05) is 54.7 Å². The normalized spacial score (nSPS) is 12.8. The van der Waals surface area contributed by atoms with Gasteiger partial charge < -0.3 is 10.2 Å². The summed E-state index contributed by atoms with van der Waals surface area (Å²) >= 11 is 19.7. The fourth-order valence-electron chi connectivity index (χ4n) is 3.13. The molecule has 2 aromatic rings. The van der Waals surface area contributed by atoms with E-state index in [1.807, 2.05) is 51.1 Å². The van der Waals surface area contributed by atoms with E-state index in [4.69, 9.17) is 34.8 Å². The van der Waals surface area contributed by atoms with Gasteiger partial charge >= 0.3 is 0 Å². The Bertz CT molecular complexity index is 909. The summed E-state index contributed by atoms with van der Waals surface area (Å²) in [4.78, 5) is 28.9. The fourth-order valence-corrected chi connectivity index (χ4v) is 4.41. The molecular weight excluding hydrogens is 487 g/mol. The maximum absolute atomic E-state index is 13.3. The van der Waals surface area contributed by atoms with Crippen LogP contribution in [0.2, 0.25) is 15.1 Å². The molecule has 0 radical (unpaired) electrons. The van der Waals surface area contributed by atoms with Crippen LogP contribution in [0.15, 0.2) is 47.4 Å². The largest absolute Gasteiger partial charge is 0.352 e. The van der Waals surface area contributed by atoms with Crippen LogP contribution in [0, 0.1) is 0 Å². The standard InChI is InChI=1S/C24H29Cl3N2O2S/c1-4-16(3)28-24(31)22(5-2)29(15-17-6-11-20(26)21(27)14-17)23(30)12-13-32-19-9-7-18(25)8-10-19/h6-11,14,16,22H,4-5,12-13,15H2,1-3H3,(H,28,31). The number of nitrogens with one attached hydrogen (secondary N) is 1. The van der Waals surface area contributed by atoms with E-state index in [9.17, 15) is 9.59 Å². The van der Waals surface area contributed by atoms with Gasteiger partial charge in [-0.2, -0.15) is 0 Å². The lowest BCUT2D eigenvalue weighted by atomic mass is 10.1. The smallest absolute Gasteiger partial charge is 0.243 e. The van der Waals surface area contributed by atoms with Gasteiger partial charge in [0, 0.05) is 34.7 Å². The lowest BCUT2D eigenvalue weighted by Crippen LogP contribution is -2.50. The molecule has 0 aliphatic heterocycles. The molecule has 0 saturated heterocycles. The van der Waals surface area contributed by atoms with E-state index in [0.29, 0.717) is 33.7 Å². The van der Waals surface area contributed by atoms with Crippen LogP contribution >= 0.6 is 46.6 Å². The predicted octanol–water partition coefficient (Wildman–Crippen LogP) is 6.85. The first-order chi connectivity index (χ1) is 15.2. The van der Waals surface area contributed by atoms with Crippen LogP contribution in [0.25, 0.3) is 0 Å². The molecule has 174 valence electrons. The van der Waals surface area contributed by atoms with Crippen molar-refractivity contribution >= 4 is 58.4 Å². The molecule has 0 bridgehead atoms. The summed E-state index contributed by atoms with van der Waals surface area (Å²) in [7, 11) is 0. The molecule has 0 spiro atoms. The fraction of sp³-hybridized carbons (Fsp3) is 0.417. The SMILES string of the molecule is CCC(C)NC(=O)C(CC)N(Cc1ccc(Cl)c(Cl)c1)C(=O)CCSc1ccc(Cl)cc1. The van der Waals surface area contributed by atoms with Gasteiger partial charge in [0.15, 0.2) is 0 Å². The van der Waals surface area contributed by atoms with Crippen LogP contribution in [-0.4, -0.2) is 34.6 Å². The van der Waals surface area contributed by atoms with Crippen molar-refractivity contribution < 1.29 is 9.59 Å². The average Bonchev–Trinajstić information content (AvgIpc) is 2.77. The van der Waals surface area contributed by atoms with Gasteiger partial charge in [-0.15, -0.1) is 11.8 Å². The molecule has 2 amide bonds. The van der Waals surface area contributed by atoms with Crippen molar-refractivity contribution in [3.05, 3.63) is 63.1 Å². The number of amides is 2. The maximum atomic E-state index is 13.3. The van der Waals surface area contributed by atoms with Gasteiger partial charge in [0.1, 0.15) is 6.04 Å². The van der Waals surface area contributed by atoms with Crippen LogP contribution in [0.4, 0.5) is 0 Å². The Hall–Kier alpha value is -1.40. The predicted molar refractivity (Wildman–Crippen MR) is 136 cm³/mol. The molecule has 0 aromatic heterocycles. The van der Waals surface area contributed by atoms with E-state index in [-0.39, 0.29) is 24.4 Å². The average molecular weight is 516 g/mol. The van der Waals surface area contributed by atoms with Crippen LogP contribution < -0.4 is 5.32 Å². The highest BCUT2D eigenvalue weighted by Gasteiger charge is 2.29. The molecule has 4 nitrogen and oxygen atoms in total. The van der Waals surface area contributed by atoms with Crippen molar-refractivity contribution in [2.24, 2.45) is 0 Å². The van der Waals surface area contributed by atoms with E-state index in [1.165, 1.54) is 0 Å². The Morgan fingerprint density at radius 1 is 1.00 bits per heavy atom. The van der Waals surface area contributed by atoms with Gasteiger partial charge in [0.2, 0.25) is 11.8 Å². The minimum atomic E-state index is -0.563. The molecule has 0 heterocycles. The van der Waals surface area contributed by atoms with Crippen LogP contribution in [0.5, 0.6) is 0 Å². The van der Waals surface area contributed by atoms with Crippen LogP contribution in [-0.2, 0) is 16.1 Å². The molecule has 2 rings (SSSR count). The van der Waals surface area contributed by atoms with Gasteiger partial charge in [-0.05, 0) is 61.7 Å². The van der Waals surface area contributed by atoms with Gasteiger partial charge in [-0.3, -0.25) is 9.59 Å². The first-order valence-corrected chi connectivity index (χ1v) is 12.8. The second-order valence-corrected chi connectivity index (χ2v) is 9.98. The number of benzene rings is 2. The van der Waals surface area contributed by atoms with Gasteiger partial charge in [-0.25, -0.2) is 0 Å². The summed E-state index contributed by atoms with van der Waals surface area (Å²) in [5.74, 6) is 0.381. The summed E-state index contributed by atoms with van der Waals surface area (Å²) in [6, 6.07) is 12.3. The number of rotatable bonds is 11. The minimum absolute atomic E-state index is 0.0407. The van der Waals surface area contributed by atoms with E-state index >= 15 is 0 Å². The Balaban J connectivity index is 2.16. The van der Waals surface area contributed by atoms with Crippen molar-refractivity contribution in [2.45, 2.75) is 63.6 Å². The van der Waals surface area contributed by atoms with E-state index in [0.717, 1.165) is 16.9 Å². The van der Waals surface area contributed by atoms with Crippen molar-refractivity contribution in [2.75, 3.05) is 5.75 Å². The number of carbonyl (C=O) groups is 2. The van der Waals surface area contributed by atoms with Gasteiger partial charge in [0.05, 0.1) is 10.0 Å². The van der Waals surface area contributed by atoms with Gasteiger partial charge in [0.25, 0.3) is 0 Å². The summed E-state index contributed by atoms with van der Waals surface area (Å²) in [6.07, 6.45) is 1.64. The Morgan fingerprint density at radius 2 is 1.69 bits per heavy atom. The molecular formula is C24H29Cl3N2O2S. The highest BCUT2D eigenvalue weighted by Crippen LogP contribution is 2.25. The highest BCUT2D eigenvalue weighted by molar-refractivity contribution is 7.99. The zero-order chi connectivity index (χ0) is 23.7. The quantitative estimate of drug-likeness (QED) is 0.333. The van der Waals surface area contributed by atoms with Crippen molar-refractivity contribution in [3.8, 4) is 0 Å². The molecule has 1 N–H and O–H groups in total. The van der Waals surface area contributed by atoms with E-state index < -0.39 is 6.04 Å². The first kappa shape index (κ1) is 26.8. The van der Waals surface area contributed by atoms with Crippen molar-refractivity contribution in [3.63, 3.8) is 0 Å². The second kappa shape index (κ2) is 13.3. The topological polar surface area (TPSA) is 49.4 Å². The molecule has 2 unspecified atom stereocenters. The maximum Gasteiger partial charge on any atom is 0.243 e. The number of halogens is 3. The first-order valence-electron chi connectivity index (χ1n) is 10.7. The molecule has 2 atom stereocenters. The zero-order valence-electron chi connectivity index (χ0n) is 18.5. The Kier molecular flexibility index (Phi) is 11.2. The molecule has 0 aliphatic rings. The summed E-state index contributed by atoms with van der Waals surface area (Å²) in [5.41, 5.74) is 0.827. The number of hydrogen-bond donors (Lipinski definition) is 1. The highest BCUT2D eigenvalue weighted by atomic mass is 35.5. The number of hydrogen-bond acceptors (Lipinski definition) is 3. The summed E-state index contributed by atoms with van der Waals surface area (Å²) in [5, 5.41) is 4.56.